The van der Waals surface area contributed by atoms with Gasteiger partial charge in [0.2, 0.25) is 0 Å². The van der Waals surface area contributed by atoms with Gasteiger partial charge in [-0.3, -0.25) is 0 Å². The third kappa shape index (κ3) is 2.34. The first-order valence-corrected chi connectivity index (χ1v) is 6.51. The molecule has 0 aliphatic carbocycles. The lowest BCUT2D eigenvalue weighted by Crippen LogP contribution is -1.91. The van der Waals surface area contributed by atoms with Gasteiger partial charge in [-0.15, -0.1) is 0 Å². The highest BCUT2D eigenvalue weighted by atomic mass is 127. The lowest BCUT2D eigenvalue weighted by atomic mass is 10.2. The quantitative estimate of drug-likeness (QED) is 0.589. The molecule has 0 N–H and O–H groups in total. The molecule has 0 saturated carbocycles. The molecule has 0 atom stereocenters. The van der Waals surface area contributed by atoms with Crippen molar-refractivity contribution in [3.8, 4) is 0 Å². The topological polar surface area (TPSA) is 34.1 Å². The van der Waals surface area contributed by atoms with Crippen LogP contribution in [0.15, 0.2) is 23.1 Å². The molecule has 1 aromatic carbocycles. The third-order valence-electron chi connectivity index (χ3n) is 1.42. The summed E-state index contributed by atoms with van der Waals surface area (Å²) in [5.41, 5.74) is 1.04. The van der Waals surface area contributed by atoms with Gasteiger partial charge in [0.15, 0.2) is 0 Å². The summed E-state index contributed by atoms with van der Waals surface area (Å²) in [6.07, 6.45) is 0. The summed E-state index contributed by atoms with van der Waals surface area (Å²) in [5.74, 6) is 0. The van der Waals surface area contributed by atoms with E-state index in [0.29, 0.717) is 0 Å². The van der Waals surface area contributed by atoms with Crippen LogP contribution in [0.1, 0.15) is 5.56 Å². The van der Waals surface area contributed by atoms with Crippen LogP contribution in [0.3, 0.4) is 0 Å². The fourth-order valence-corrected chi connectivity index (χ4v) is 2.23. The molecule has 0 amide bonds. The predicted octanol–water partition coefficient (Wildman–Crippen LogP) is 2.53. The van der Waals surface area contributed by atoms with Gasteiger partial charge in [0.05, 0.1) is 4.90 Å². The molecule has 0 bridgehead atoms. The molecule has 2 nitrogen and oxygen atoms in total. The Morgan fingerprint density at radius 1 is 1.42 bits per heavy atom. The van der Waals surface area contributed by atoms with Gasteiger partial charge in [0.25, 0.3) is 9.05 Å². The summed E-state index contributed by atoms with van der Waals surface area (Å²) in [7, 11) is 1.58. The molecule has 0 unspecified atom stereocenters. The SMILES string of the molecule is Cc1ccc(S(=O)(=O)Cl)cc1I. The summed E-state index contributed by atoms with van der Waals surface area (Å²) in [6.45, 7) is 1.91. The molecule has 0 saturated heterocycles. The van der Waals surface area contributed by atoms with Crippen LogP contribution < -0.4 is 0 Å². The molecule has 0 aliphatic heterocycles. The summed E-state index contributed by atoms with van der Waals surface area (Å²) in [6, 6.07) is 4.79. The normalized spacial score (nSPS) is 11.6. The van der Waals surface area contributed by atoms with Crippen LogP contribution in [0.5, 0.6) is 0 Å². The van der Waals surface area contributed by atoms with E-state index >= 15 is 0 Å². The zero-order valence-electron chi connectivity index (χ0n) is 6.21. The molecule has 1 rings (SSSR count). The van der Waals surface area contributed by atoms with E-state index in [2.05, 4.69) is 22.6 Å². The first-order valence-electron chi connectivity index (χ1n) is 3.12. The van der Waals surface area contributed by atoms with Crippen LogP contribution in [0.2, 0.25) is 0 Å². The molecule has 66 valence electrons. The summed E-state index contributed by atoms with van der Waals surface area (Å²) >= 11 is 2.07. The van der Waals surface area contributed by atoms with Gasteiger partial charge in [-0.1, -0.05) is 6.07 Å². The molecular formula is C7H6ClIO2S. The molecule has 12 heavy (non-hydrogen) atoms. The Labute approximate surface area is 89.5 Å². The molecule has 0 aliphatic rings. The maximum Gasteiger partial charge on any atom is 0.261 e. The van der Waals surface area contributed by atoms with Gasteiger partial charge < -0.3 is 0 Å². The van der Waals surface area contributed by atoms with Crippen molar-refractivity contribution in [2.75, 3.05) is 0 Å². The van der Waals surface area contributed by atoms with Crippen LogP contribution in [-0.4, -0.2) is 8.42 Å². The second-order valence-electron chi connectivity index (χ2n) is 2.35. The molecule has 0 spiro atoms. The fourth-order valence-electron chi connectivity index (χ4n) is 0.725. The minimum absolute atomic E-state index is 0.152. The van der Waals surface area contributed by atoms with E-state index in [1.54, 1.807) is 12.1 Å². The lowest BCUT2D eigenvalue weighted by Gasteiger charge is -1.99. The smallest absolute Gasteiger partial charge is 0.207 e. The highest BCUT2D eigenvalue weighted by molar-refractivity contribution is 14.1. The second kappa shape index (κ2) is 3.51. The van der Waals surface area contributed by atoms with Crippen molar-refractivity contribution in [1.29, 1.82) is 0 Å². The molecule has 0 radical (unpaired) electrons. The van der Waals surface area contributed by atoms with E-state index in [1.807, 2.05) is 6.92 Å². The summed E-state index contributed by atoms with van der Waals surface area (Å²) in [5, 5.41) is 0. The number of rotatable bonds is 1. The van der Waals surface area contributed by atoms with E-state index in [4.69, 9.17) is 10.7 Å². The molecule has 5 heteroatoms. The van der Waals surface area contributed by atoms with Gasteiger partial charge in [0.1, 0.15) is 0 Å². The van der Waals surface area contributed by atoms with Gasteiger partial charge in [-0.05, 0) is 47.2 Å². The van der Waals surface area contributed by atoms with Gasteiger partial charge in [0, 0.05) is 14.3 Å². The Morgan fingerprint density at radius 3 is 2.42 bits per heavy atom. The van der Waals surface area contributed by atoms with Crippen LogP contribution in [0.25, 0.3) is 0 Å². The Bertz CT molecular complexity index is 400. The molecule has 0 aromatic heterocycles. The minimum atomic E-state index is -3.57. The molecule has 1 aromatic rings. The first kappa shape index (κ1) is 10.3. The fraction of sp³-hybridized carbons (Fsp3) is 0.143. The highest BCUT2D eigenvalue weighted by Gasteiger charge is 2.10. The maximum atomic E-state index is 10.9. The third-order valence-corrected chi connectivity index (χ3v) is 3.94. The Kier molecular flexibility index (Phi) is 3.01. The zero-order chi connectivity index (χ0) is 9.35. The number of hydrogen-bond donors (Lipinski definition) is 0. The van der Waals surface area contributed by atoms with Crippen molar-refractivity contribution in [1.82, 2.24) is 0 Å². The second-order valence-corrected chi connectivity index (χ2v) is 6.08. The Balaban J connectivity index is 3.33. The van der Waals surface area contributed by atoms with Crippen LogP contribution >= 0.6 is 33.3 Å². The monoisotopic (exact) mass is 316 g/mol. The highest BCUT2D eigenvalue weighted by Crippen LogP contribution is 2.19. The maximum absolute atomic E-state index is 10.9. The average Bonchev–Trinajstić information content (AvgIpc) is 1.92. The van der Waals surface area contributed by atoms with E-state index < -0.39 is 9.05 Å². The number of aryl methyl sites for hydroxylation is 1. The van der Waals surface area contributed by atoms with Crippen molar-refractivity contribution in [3.63, 3.8) is 0 Å². The average molecular weight is 317 g/mol. The van der Waals surface area contributed by atoms with Crippen molar-refractivity contribution in [2.24, 2.45) is 0 Å². The van der Waals surface area contributed by atoms with E-state index in [0.717, 1.165) is 9.13 Å². The van der Waals surface area contributed by atoms with Gasteiger partial charge in [-0.25, -0.2) is 8.42 Å². The largest absolute Gasteiger partial charge is 0.261 e. The van der Waals surface area contributed by atoms with Gasteiger partial charge in [-0.2, -0.15) is 0 Å². The van der Waals surface area contributed by atoms with E-state index in [-0.39, 0.29) is 4.90 Å². The standard InChI is InChI=1S/C7H6ClIO2S/c1-5-2-3-6(4-7(5)9)12(8,10)11/h2-4H,1H3. The van der Waals surface area contributed by atoms with Crippen molar-refractivity contribution in [2.45, 2.75) is 11.8 Å². The molecule has 0 fully saturated rings. The minimum Gasteiger partial charge on any atom is -0.207 e. The lowest BCUT2D eigenvalue weighted by molar-refractivity contribution is 0.609. The van der Waals surface area contributed by atoms with Crippen LogP contribution in [0, 0.1) is 10.5 Å². The number of benzene rings is 1. The summed E-state index contributed by atoms with van der Waals surface area (Å²) < 4.78 is 22.6. The predicted molar refractivity (Wildman–Crippen MR) is 56.9 cm³/mol. The number of hydrogen-bond acceptors (Lipinski definition) is 2. The van der Waals surface area contributed by atoms with Crippen molar-refractivity contribution < 1.29 is 8.42 Å². The Morgan fingerprint density at radius 2 is 2.00 bits per heavy atom. The van der Waals surface area contributed by atoms with Crippen molar-refractivity contribution in [3.05, 3.63) is 27.3 Å². The molecular weight excluding hydrogens is 310 g/mol. The zero-order valence-corrected chi connectivity index (χ0v) is 9.94. The van der Waals surface area contributed by atoms with Crippen molar-refractivity contribution >= 4 is 42.3 Å². The van der Waals surface area contributed by atoms with E-state index in [9.17, 15) is 8.42 Å². The Hall–Kier alpha value is 0.190. The number of halogens is 2. The summed E-state index contributed by atoms with van der Waals surface area (Å²) in [4.78, 5) is 0.152. The first-order chi connectivity index (χ1) is 5.41. The van der Waals surface area contributed by atoms with Crippen LogP contribution in [0.4, 0.5) is 0 Å². The van der Waals surface area contributed by atoms with E-state index in [1.165, 1.54) is 6.07 Å². The molecule has 0 heterocycles. The van der Waals surface area contributed by atoms with Gasteiger partial charge >= 0.3 is 0 Å². The van der Waals surface area contributed by atoms with Crippen LogP contribution in [-0.2, 0) is 9.05 Å².